The zero-order chi connectivity index (χ0) is 22.3. The van der Waals surface area contributed by atoms with Gasteiger partial charge in [-0.1, -0.05) is 32.6 Å². The predicted molar refractivity (Wildman–Crippen MR) is 126 cm³/mol. The Morgan fingerprint density at radius 3 is 2.72 bits per heavy atom. The predicted octanol–water partition coefficient (Wildman–Crippen LogP) is 5.11. The van der Waals surface area contributed by atoms with Crippen LogP contribution in [0.1, 0.15) is 73.5 Å². The number of aromatic nitrogens is 1. The second kappa shape index (κ2) is 8.43. The minimum Gasteiger partial charge on any atom is -0.467 e. The molecule has 3 aromatic rings. The van der Waals surface area contributed by atoms with E-state index in [1.807, 2.05) is 25.1 Å². The SMILES string of the molecule is CCc1cc2c(cc3n2C[C@@](C)(C(=O)NC2CCCCCC2)N(Cc2ccco2)C3=O)s1. The van der Waals surface area contributed by atoms with Crippen LogP contribution >= 0.6 is 11.3 Å². The maximum absolute atomic E-state index is 13.8. The molecule has 1 atom stereocenters. The molecule has 0 radical (unpaired) electrons. The van der Waals surface area contributed by atoms with Gasteiger partial charge >= 0.3 is 0 Å². The number of fused-ring (bicyclic) bond motifs is 3. The van der Waals surface area contributed by atoms with Gasteiger partial charge in [0.2, 0.25) is 5.91 Å². The van der Waals surface area contributed by atoms with Gasteiger partial charge in [0.15, 0.2) is 0 Å². The Morgan fingerprint density at radius 2 is 2.03 bits per heavy atom. The molecule has 7 heteroatoms. The van der Waals surface area contributed by atoms with Crippen LogP contribution in [0.2, 0.25) is 0 Å². The summed E-state index contributed by atoms with van der Waals surface area (Å²) in [5, 5.41) is 3.31. The highest BCUT2D eigenvalue weighted by Crippen LogP contribution is 2.37. The summed E-state index contributed by atoms with van der Waals surface area (Å²) in [5.41, 5.74) is 0.713. The van der Waals surface area contributed by atoms with Crippen molar-refractivity contribution in [2.45, 2.75) is 83.5 Å². The van der Waals surface area contributed by atoms with Crippen molar-refractivity contribution in [1.29, 1.82) is 0 Å². The van der Waals surface area contributed by atoms with Crippen LogP contribution in [0, 0.1) is 0 Å². The Morgan fingerprint density at radius 1 is 1.25 bits per heavy atom. The Labute approximate surface area is 192 Å². The zero-order valence-electron chi connectivity index (χ0n) is 18.9. The molecule has 2 aliphatic rings. The summed E-state index contributed by atoms with van der Waals surface area (Å²) in [4.78, 5) is 30.5. The highest BCUT2D eigenvalue weighted by molar-refractivity contribution is 7.19. The number of hydrogen-bond donors (Lipinski definition) is 1. The van der Waals surface area contributed by atoms with Gasteiger partial charge < -0.3 is 19.2 Å². The van der Waals surface area contributed by atoms with Crippen molar-refractivity contribution in [3.05, 3.63) is 46.9 Å². The van der Waals surface area contributed by atoms with Crippen molar-refractivity contribution in [2.24, 2.45) is 0 Å². The lowest BCUT2D eigenvalue weighted by Crippen LogP contribution is -2.64. The minimum atomic E-state index is -0.997. The Hall–Kier alpha value is -2.54. The van der Waals surface area contributed by atoms with Gasteiger partial charge in [0.1, 0.15) is 17.0 Å². The van der Waals surface area contributed by atoms with Crippen LogP contribution in [0.15, 0.2) is 34.9 Å². The minimum absolute atomic E-state index is 0.0669. The molecular weight excluding hydrogens is 422 g/mol. The van der Waals surface area contributed by atoms with Gasteiger partial charge in [0.05, 0.1) is 29.6 Å². The van der Waals surface area contributed by atoms with Gasteiger partial charge in [-0.2, -0.15) is 0 Å². The van der Waals surface area contributed by atoms with Crippen LogP contribution < -0.4 is 5.32 Å². The Balaban J connectivity index is 1.52. The lowest BCUT2D eigenvalue weighted by Gasteiger charge is -2.44. The highest BCUT2D eigenvalue weighted by atomic mass is 32.1. The van der Waals surface area contributed by atoms with Crippen LogP contribution in [-0.2, 0) is 24.3 Å². The van der Waals surface area contributed by atoms with E-state index in [0.717, 1.165) is 42.3 Å². The average molecular weight is 454 g/mol. The summed E-state index contributed by atoms with van der Waals surface area (Å²) < 4.78 is 8.72. The third kappa shape index (κ3) is 3.66. The molecule has 0 aromatic carbocycles. The molecule has 0 bridgehead atoms. The number of thiophene rings is 1. The third-order valence-electron chi connectivity index (χ3n) is 7.09. The topological polar surface area (TPSA) is 67.5 Å². The molecule has 6 nitrogen and oxygen atoms in total. The first-order valence-corrected chi connectivity index (χ1v) is 12.6. The number of aryl methyl sites for hydroxylation is 1. The molecule has 1 N–H and O–H groups in total. The fourth-order valence-corrected chi connectivity index (χ4v) is 6.18. The van der Waals surface area contributed by atoms with E-state index in [1.54, 1.807) is 22.5 Å². The van der Waals surface area contributed by atoms with Crippen LogP contribution in [0.5, 0.6) is 0 Å². The van der Waals surface area contributed by atoms with Gasteiger partial charge in [0, 0.05) is 10.9 Å². The van der Waals surface area contributed by atoms with E-state index < -0.39 is 5.54 Å². The number of carbonyl (C=O) groups is 2. The molecule has 170 valence electrons. The second-order valence-corrected chi connectivity index (χ2v) is 10.5. The van der Waals surface area contributed by atoms with Crippen LogP contribution in [0.4, 0.5) is 0 Å². The van der Waals surface area contributed by atoms with E-state index in [0.29, 0.717) is 18.0 Å². The lowest BCUT2D eigenvalue weighted by atomic mass is 9.93. The molecule has 1 aliphatic heterocycles. The number of rotatable bonds is 5. The molecular formula is C25H31N3O3S. The second-order valence-electron chi connectivity index (χ2n) is 9.34. The smallest absolute Gasteiger partial charge is 0.271 e. The normalized spacial score (nSPS) is 22.2. The largest absolute Gasteiger partial charge is 0.467 e. The van der Waals surface area contributed by atoms with Crippen molar-refractivity contribution in [3.8, 4) is 0 Å². The maximum atomic E-state index is 13.8. The first kappa shape index (κ1) is 21.3. The first-order chi connectivity index (χ1) is 15.5. The summed E-state index contributed by atoms with van der Waals surface area (Å²) in [5.74, 6) is 0.497. The molecule has 0 unspecified atom stereocenters. The van der Waals surface area contributed by atoms with Crippen molar-refractivity contribution < 1.29 is 14.0 Å². The quantitative estimate of drug-likeness (QED) is 0.546. The molecule has 4 heterocycles. The average Bonchev–Trinajstić information content (AvgIpc) is 3.45. The summed E-state index contributed by atoms with van der Waals surface area (Å²) >= 11 is 1.73. The molecule has 3 aromatic heterocycles. The fraction of sp³-hybridized carbons (Fsp3) is 0.520. The number of hydrogen-bond acceptors (Lipinski definition) is 4. The van der Waals surface area contributed by atoms with E-state index in [9.17, 15) is 9.59 Å². The Kier molecular flexibility index (Phi) is 5.61. The summed E-state index contributed by atoms with van der Waals surface area (Å²) in [6, 6.07) is 8.01. The van der Waals surface area contributed by atoms with Gasteiger partial charge in [-0.3, -0.25) is 9.59 Å². The van der Waals surface area contributed by atoms with Crippen molar-refractivity contribution in [1.82, 2.24) is 14.8 Å². The number of carbonyl (C=O) groups excluding carboxylic acids is 2. The fourth-order valence-electron chi connectivity index (χ4n) is 5.13. The standard InChI is InChI=1S/C25H31N3O3S/c1-3-19-13-20-22(32-19)14-21-23(29)28(15-18-11-8-12-31-18)25(2,16-27(20)21)24(30)26-17-9-6-4-5-7-10-17/h8,11-14,17H,3-7,9-10,15-16H2,1-2H3,(H,26,30)/t25-/m0/s1. The maximum Gasteiger partial charge on any atom is 0.271 e. The van der Waals surface area contributed by atoms with Crippen LogP contribution in [-0.4, -0.2) is 32.9 Å². The number of nitrogens with one attached hydrogen (secondary N) is 1. The molecule has 2 amide bonds. The van der Waals surface area contributed by atoms with Crippen molar-refractivity contribution in [3.63, 3.8) is 0 Å². The van der Waals surface area contributed by atoms with E-state index in [1.165, 1.54) is 17.7 Å². The van der Waals surface area contributed by atoms with Crippen molar-refractivity contribution >= 4 is 33.4 Å². The number of nitrogens with zero attached hydrogens (tertiary/aromatic N) is 2. The zero-order valence-corrected chi connectivity index (χ0v) is 19.7. The molecule has 1 fully saturated rings. The molecule has 0 saturated heterocycles. The van der Waals surface area contributed by atoms with Crippen molar-refractivity contribution in [2.75, 3.05) is 0 Å². The monoisotopic (exact) mass is 453 g/mol. The molecule has 32 heavy (non-hydrogen) atoms. The van der Waals surface area contributed by atoms with Gasteiger partial charge in [0.25, 0.3) is 5.91 Å². The first-order valence-electron chi connectivity index (χ1n) is 11.8. The van der Waals surface area contributed by atoms with E-state index >= 15 is 0 Å². The molecule has 5 rings (SSSR count). The molecule has 1 aliphatic carbocycles. The van der Waals surface area contributed by atoms with E-state index in [-0.39, 0.29) is 24.4 Å². The number of furan rings is 1. The van der Waals surface area contributed by atoms with Gasteiger partial charge in [-0.25, -0.2) is 0 Å². The number of amides is 2. The molecule has 0 spiro atoms. The summed E-state index contributed by atoms with van der Waals surface area (Å²) in [7, 11) is 0. The summed E-state index contributed by atoms with van der Waals surface area (Å²) in [6.45, 7) is 4.76. The Bertz CT molecular complexity index is 1120. The molecule has 1 saturated carbocycles. The lowest BCUT2D eigenvalue weighted by molar-refractivity contribution is -0.134. The van der Waals surface area contributed by atoms with E-state index in [2.05, 4.69) is 22.9 Å². The van der Waals surface area contributed by atoms with E-state index in [4.69, 9.17) is 4.42 Å². The highest BCUT2D eigenvalue weighted by Gasteiger charge is 2.48. The third-order valence-corrected chi connectivity index (χ3v) is 8.30. The summed E-state index contributed by atoms with van der Waals surface area (Å²) in [6.07, 6.45) is 9.35. The van der Waals surface area contributed by atoms with Gasteiger partial charge in [-0.05, 0) is 50.5 Å². The van der Waals surface area contributed by atoms with Crippen LogP contribution in [0.3, 0.4) is 0 Å². The van der Waals surface area contributed by atoms with Gasteiger partial charge in [-0.15, -0.1) is 11.3 Å². The van der Waals surface area contributed by atoms with Crippen LogP contribution in [0.25, 0.3) is 10.2 Å².